The molecule has 9 rings (SSSR count). The molecule has 0 bridgehead atoms. The van der Waals surface area contributed by atoms with Crippen molar-refractivity contribution in [3.8, 4) is 5.75 Å². The molecule has 6 saturated heterocycles. The van der Waals surface area contributed by atoms with Gasteiger partial charge in [-0.1, -0.05) is 84.0 Å². The lowest BCUT2D eigenvalue weighted by Gasteiger charge is -2.36. The normalized spacial score (nSPS) is 27.4. The molecule has 0 aromatic heterocycles. The maximum atomic E-state index is 15.6. The van der Waals surface area contributed by atoms with Crippen LogP contribution in [0.3, 0.4) is 0 Å². The first kappa shape index (κ1) is 59.5. The van der Waals surface area contributed by atoms with Crippen LogP contribution < -0.4 is 26.0 Å². The monoisotopic (exact) mass is 1150 g/mol. The molecule has 4 N–H and O–H groups in total. The zero-order valence-electron chi connectivity index (χ0n) is 48.2. The van der Waals surface area contributed by atoms with Crippen LogP contribution in [0.15, 0.2) is 54.6 Å². The quantitative estimate of drug-likeness (QED) is 0.130. The van der Waals surface area contributed by atoms with Gasteiger partial charge in [0.15, 0.2) is 0 Å². The molecule has 6 aliphatic heterocycles. The Kier molecular flexibility index (Phi) is 16.9. The van der Waals surface area contributed by atoms with E-state index in [0.717, 1.165) is 37.3 Å². The Hall–Kier alpha value is -8.12. The second-order valence-electron chi connectivity index (χ2n) is 24.7. The highest BCUT2D eigenvalue weighted by Crippen LogP contribution is 2.40. The first-order valence-corrected chi connectivity index (χ1v) is 28.6. The number of nitrogens with one attached hydrogen (secondary N) is 4. The van der Waals surface area contributed by atoms with Gasteiger partial charge in [0, 0.05) is 52.0 Å². The summed E-state index contributed by atoms with van der Waals surface area (Å²) in [7, 11) is 1.50. The average Bonchev–Trinajstić information content (AvgIpc) is 3.64. The molecule has 2 spiro atoms. The molecule has 7 aliphatic rings. The standard InChI is InChI=1S/C58H76N12O13/c1-35(2)23-63-29-46(73)69-32-57(52(79)66(54(81)61-57)26-39-13-14-39)20-44(69)50(77)65(25-37(5)6)30-47(74)70-33-58(53(80)67(55(82)62-58)27-40-15-17-41(83-7)18-16-40)21-43(70)49(76)64(24-36(3)4)28-45(72)68-31-56(60-34-71,19-42(68)48(63)75)51(78)59-22-38-11-9-8-10-12-38/h8-12,15-18,34-37,39,42-44H,13-14,19-33H2,1-7H3,(H,59,78)(H,60,71)(H,61,81)(H,62,82)/t42-,43-,44-,56-,57-,58-/m0/s1. The number of nitrogens with zero attached hydrogens (tertiary/aromatic N) is 8. The highest BCUT2D eigenvalue weighted by molar-refractivity contribution is 6.10. The number of carbonyl (C=O) groups is 12. The van der Waals surface area contributed by atoms with Gasteiger partial charge in [-0.2, -0.15) is 0 Å². The summed E-state index contributed by atoms with van der Waals surface area (Å²) < 4.78 is 5.29. The largest absolute Gasteiger partial charge is 0.497 e. The molecule has 2 aromatic rings. The van der Waals surface area contributed by atoms with Gasteiger partial charge in [0.2, 0.25) is 47.8 Å². The van der Waals surface area contributed by atoms with Crippen molar-refractivity contribution in [3.63, 3.8) is 0 Å². The SMILES string of the molecule is COc1ccc(CN2C(=O)N[C@]3(C[C@H]4C(=O)N(CC(C)C)CC(=O)N5C[C@](NC=O)(C(=O)NCc6ccccc6)C[C@H]5C(=O)N(CC(C)C)CC(=O)N5C[C@]6(C[C@H]5C(=O)N(CC(C)C)CC(=O)N4C3)NC(=O)N(CC3CC3)C6=O)C2=O)cc1. The smallest absolute Gasteiger partial charge is 0.325 e. The summed E-state index contributed by atoms with van der Waals surface area (Å²) in [4.78, 5) is 186. The molecule has 0 unspecified atom stereocenters. The number of ether oxygens (including phenoxy) is 1. The van der Waals surface area contributed by atoms with Gasteiger partial charge in [-0.3, -0.25) is 57.7 Å². The van der Waals surface area contributed by atoms with Gasteiger partial charge in [-0.25, -0.2) is 9.59 Å². The zero-order valence-corrected chi connectivity index (χ0v) is 48.2. The number of urea groups is 2. The fourth-order valence-electron chi connectivity index (χ4n) is 12.6. The van der Waals surface area contributed by atoms with Crippen molar-refractivity contribution in [2.45, 2.75) is 121 Å². The van der Waals surface area contributed by atoms with Crippen LogP contribution in [0.2, 0.25) is 0 Å². The van der Waals surface area contributed by atoms with Crippen molar-refractivity contribution in [1.29, 1.82) is 0 Å². The number of hydrogen-bond acceptors (Lipinski definition) is 13. The number of hydrogen-bond donors (Lipinski definition) is 4. The molecule has 7 fully saturated rings. The van der Waals surface area contributed by atoms with Crippen LogP contribution in [0.4, 0.5) is 9.59 Å². The topological polar surface area (TPSA) is 288 Å². The Bertz CT molecular complexity index is 2940. The summed E-state index contributed by atoms with van der Waals surface area (Å²) in [5.41, 5.74) is -4.30. The predicted octanol–water partition coefficient (Wildman–Crippen LogP) is 0.258. The Morgan fingerprint density at radius 3 is 1.49 bits per heavy atom. The van der Waals surface area contributed by atoms with Gasteiger partial charge < -0.3 is 55.4 Å². The number of carbonyl (C=O) groups excluding carboxylic acids is 12. The van der Waals surface area contributed by atoms with Gasteiger partial charge in [0.1, 0.15) is 40.5 Å². The van der Waals surface area contributed by atoms with E-state index in [1.165, 1.54) is 21.8 Å². The molecule has 14 amide bonds. The maximum Gasteiger partial charge on any atom is 0.325 e. The molecule has 6 heterocycles. The number of imide groups is 2. The molecular weight excluding hydrogens is 1070 g/mol. The summed E-state index contributed by atoms with van der Waals surface area (Å²) in [5.74, 6) is -7.21. The van der Waals surface area contributed by atoms with Gasteiger partial charge in [0.05, 0.1) is 52.9 Å². The highest BCUT2D eigenvalue weighted by Gasteiger charge is 2.63. The number of amides is 14. The molecular formula is C58H76N12O13. The van der Waals surface area contributed by atoms with Gasteiger partial charge in [0.25, 0.3) is 11.8 Å². The average molecular weight is 1150 g/mol. The maximum absolute atomic E-state index is 15.6. The highest BCUT2D eigenvalue weighted by atomic mass is 16.5. The van der Waals surface area contributed by atoms with E-state index in [4.69, 9.17) is 4.74 Å². The lowest BCUT2D eigenvalue weighted by atomic mass is 9.94. The number of rotatable bonds is 16. The fourth-order valence-corrected chi connectivity index (χ4v) is 12.6. The second-order valence-corrected chi connectivity index (χ2v) is 24.7. The Morgan fingerprint density at radius 2 is 1.05 bits per heavy atom. The summed E-state index contributed by atoms with van der Waals surface area (Å²) in [5, 5.41) is 11.0. The summed E-state index contributed by atoms with van der Waals surface area (Å²) in [6, 6.07) is 9.54. The van der Waals surface area contributed by atoms with E-state index in [1.54, 1.807) is 96.1 Å². The summed E-state index contributed by atoms with van der Waals surface area (Å²) >= 11 is 0. The third-order valence-corrected chi connectivity index (χ3v) is 16.8. The van der Waals surface area contributed by atoms with Crippen LogP contribution in [0.25, 0.3) is 0 Å². The van der Waals surface area contributed by atoms with Crippen molar-refractivity contribution < 1.29 is 62.3 Å². The summed E-state index contributed by atoms with van der Waals surface area (Å²) in [6.07, 6.45) is 0.600. The Morgan fingerprint density at radius 1 is 0.602 bits per heavy atom. The van der Waals surface area contributed by atoms with E-state index >= 15 is 28.8 Å². The van der Waals surface area contributed by atoms with Crippen LogP contribution in [0, 0.1) is 23.7 Å². The van der Waals surface area contributed by atoms with Gasteiger partial charge >= 0.3 is 12.1 Å². The number of fused-ring (bicyclic) bond motifs is 3. The lowest BCUT2D eigenvalue weighted by molar-refractivity contribution is -0.154. The van der Waals surface area contributed by atoms with E-state index in [0.29, 0.717) is 23.3 Å². The number of benzene rings is 2. The molecule has 1 saturated carbocycles. The van der Waals surface area contributed by atoms with Crippen LogP contribution in [-0.4, -0.2) is 218 Å². The molecule has 25 nitrogen and oxygen atoms in total. The third-order valence-electron chi connectivity index (χ3n) is 16.8. The van der Waals surface area contributed by atoms with Crippen molar-refractivity contribution in [3.05, 3.63) is 65.7 Å². The lowest BCUT2D eigenvalue weighted by Crippen LogP contribution is -2.59. The molecule has 83 heavy (non-hydrogen) atoms. The molecule has 0 radical (unpaired) electrons. The van der Waals surface area contributed by atoms with E-state index in [2.05, 4.69) is 21.3 Å². The molecule has 25 heteroatoms. The zero-order chi connectivity index (χ0) is 59.9. The van der Waals surface area contributed by atoms with Crippen LogP contribution >= 0.6 is 0 Å². The molecule has 446 valence electrons. The fraction of sp³-hybridized carbons (Fsp3) is 0.586. The predicted molar refractivity (Wildman–Crippen MR) is 295 cm³/mol. The van der Waals surface area contributed by atoms with Crippen LogP contribution in [-0.2, 0) is 61.0 Å². The van der Waals surface area contributed by atoms with E-state index in [9.17, 15) is 28.8 Å². The van der Waals surface area contributed by atoms with Gasteiger partial charge in [-0.05, 0) is 59.8 Å². The van der Waals surface area contributed by atoms with Gasteiger partial charge in [-0.15, -0.1) is 0 Å². The minimum Gasteiger partial charge on any atom is -0.497 e. The van der Waals surface area contributed by atoms with Crippen molar-refractivity contribution in [2.75, 3.05) is 72.6 Å². The van der Waals surface area contributed by atoms with E-state index in [1.807, 2.05) is 0 Å². The van der Waals surface area contributed by atoms with Crippen LogP contribution in [0.1, 0.15) is 84.8 Å². The molecule has 2 aromatic carbocycles. The first-order chi connectivity index (χ1) is 39.4. The third kappa shape index (κ3) is 12.1. The Labute approximate surface area is 482 Å². The van der Waals surface area contributed by atoms with Crippen molar-refractivity contribution in [2.24, 2.45) is 23.7 Å². The van der Waals surface area contributed by atoms with E-state index < -0.39 is 159 Å². The number of methoxy groups -OCH3 is 1. The summed E-state index contributed by atoms with van der Waals surface area (Å²) in [6.45, 7) is 6.78. The van der Waals surface area contributed by atoms with Crippen molar-refractivity contribution >= 4 is 71.6 Å². The Balaban J connectivity index is 1.15. The van der Waals surface area contributed by atoms with Crippen LogP contribution in [0.5, 0.6) is 5.75 Å². The van der Waals surface area contributed by atoms with Crippen molar-refractivity contribution in [1.82, 2.24) is 60.5 Å². The van der Waals surface area contributed by atoms with E-state index in [-0.39, 0.29) is 62.9 Å². The minimum absolute atomic E-state index is 0.00652. The molecule has 6 atom stereocenters. The minimum atomic E-state index is -1.93. The first-order valence-electron chi connectivity index (χ1n) is 28.6. The second kappa shape index (κ2) is 23.6. The molecule has 1 aliphatic carbocycles.